The summed E-state index contributed by atoms with van der Waals surface area (Å²) < 4.78 is 0. The zero-order valence-corrected chi connectivity index (χ0v) is 10.2. The molecule has 3 heteroatoms. The van der Waals surface area contributed by atoms with E-state index in [1.165, 1.54) is 11.1 Å². The van der Waals surface area contributed by atoms with Crippen molar-refractivity contribution in [1.82, 2.24) is 0 Å². The van der Waals surface area contributed by atoms with Gasteiger partial charge in [0.05, 0.1) is 6.42 Å². The number of rotatable bonds is 3. The van der Waals surface area contributed by atoms with Gasteiger partial charge in [-0.15, -0.1) is 0 Å². The molecule has 1 heterocycles. The maximum Gasteiger partial charge on any atom is 0.231 e. The number of nitrogens with two attached hydrogens (primary N) is 1. The summed E-state index contributed by atoms with van der Waals surface area (Å²) in [4.78, 5) is 13.5. The van der Waals surface area contributed by atoms with Gasteiger partial charge >= 0.3 is 0 Å². The second-order valence-corrected chi connectivity index (χ2v) is 5.41. The molecule has 0 radical (unpaired) electrons. The van der Waals surface area contributed by atoms with Crippen molar-refractivity contribution in [3.63, 3.8) is 0 Å². The first-order valence-corrected chi connectivity index (χ1v) is 6.25. The molecule has 1 aliphatic carbocycles. The van der Waals surface area contributed by atoms with Crippen LogP contribution in [0.2, 0.25) is 0 Å². The third-order valence-corrected chi connectivity index (χ3v) is 4.10. The van der Waals surface area contributed by atoms with Crippen LogP contribution in [0.5, 0.6) is 0 Å². The van der Waals surface area contributed by atoms with Crippen LogP contribution < -0.4 is 10.6 Å². The Morgan fingerprint density at radius 1 is 1.41 bits per heavy atom. The Bertz CT molecular complexity index is 477. The molecule has 1 amide bonds. The van der Waals surface area contributed by atoms with Crippen LogP contribution in [0.1, 0.15) is 30.4 Å². The zero-order chi connectivity index (χ0) is 12.0. The van der Waals surface area contributed by atoms with Gasteiger partial charge in [0, 0.05) is 18.3 Å². The fraction of sp³-hybridized carbons (Fsp3) is 0.500. The second-order valence-electron chi connectivity index (χ2n) is 5.41. The number of carbonyl (C=O) groups is 1. The average Bonchev–Trinajstić information content (AvgIpc) is 2.98. The average molecular weight is 230 g/mol. The van der Waals surface area contributed by atoms with Gasteiger partial charge in [-0.2, -0.15) is 0 Å². The summed E-state index contributed by atoms with van der Waals surface area (Å²) in [7, 11) is 1.85. The number of likely N-dealkylation sites (N-methyl/N-ethyl adjacent to an activating group) is 1. The molecule has 2 aliphatic rings. The van der Waals surface area contributed by atoms with Crippen molar-refractivity contribution in [2.75, 3.05) is 11.9 Å². The molecule has 1 aliphatic heterocycles. The molecule has 0 atom stereocenters. The van der Waals surface area contributed by atoms with E-state index < -0.39 is 0 Å². The van der Waals surface area contributed by atoms with Crippen molar-refractivity contribution in [2.45, 2.75) is 37.6 Å². The monoisotopic (exact) mass is 230 g/mol. The predicted molar refractivity (Wildman–Crippen MR) is 68.0 cm³/mol. The highest BCUT2D eigenvalue weighted by molar-refractivity contribution is 6.01. The Morgan fingerprint density at radius 2 is 2.18 bits per heavy atom. The van der Waals surface area contributed by atoms with Gasteiger partial charge in [-0.1, -0.05) is 12.1 Å². The molecule has 1 aromatic rings. The maximum atomic E-state index is 11.7. The minimum Gasteiger partial charge on any atom is -0.325 e. The lowest BCUT2D eigenvalue weighted by Gasteiger charge is -2.13. The standard InChI is InChI=1S/C14H18N2O/c1-16-12-4-2-3-10(11(12)9-13(16)17)5-6-14(15)7-8-14/h2-4H,5-9,15H2,1H3. The van der Waals surface area contributed by atoms with E-state index in [9.17, 15) is 4.79 Å². The smallest absolute Gasteiger partial charge is 0.231 e. The Hall–Kier alpha value is -1.35. The minimum absolute atomic E-state index is 0.0945. The molecule has 1 aromatic carbocycles. The van der Waals surface area contributed by atoms with Crippen LogP contribution in [0, 0.1) is 0 Å². The van der Waals surface area contributed by atoms with Crippen LogP contribution in [-0.4, -0.2) is 18.5 Å². The van der Waals surface area contributed by atoms with Crippen molar-refractivity contribution in [3.8, 4) is 0 Å². The number of aryl methyl sites for hydroxylation is 1. The highest BCUT2D eigenvalue weighted by Crippen LogP contribution is 2.38. The molecular formula is C14H18N2O. The van der Waals surface area contributed by atoms with Gasteiger partial charge in [0.2, 0.25) is 5.91 Å². The third-order valence-electron chi connectivity index (χ3n) is 4.10. The Morgan fingerprint density at radius 3 is 2.88 bits per heavy atom. The molecule has 2 N–H and O–H groups in total. The van der Waals surface area contributed by atoms with Gasteiger partial charge in [-0.05, 0) is 42.9 Å². The van der Waals surface area contributed by atoms with E-state index in [1.54, 1.807) is 4.90 Å². The fourth-order valence-electron chi connectivity index (χ4n) is 2.57. The topological polar surface area (TPSA) is 46.3 Å². The first kappa shape index (κ1) is 10.8. The molecular weight excluding hydrogens is 212 g/mol. The van der Waals surface area contributed by atoms with Crippen LogP contribution in [0.15, 0.2) is 18.2 Å². The molecule has 0 spiro atoms. The van der Waals surface area contributed by atoms with Crippen LogP contribution in [0.3, 0.4) is 0 Å². The molecule has 0 saturated heterocycles. The van der Waals surface area contributed by atoms with E-state index in [0.29, 0.717) is 6.42 Å². The van der Waals surface area contributed by atoms with Gasteiger partial charge in [0.15, 0.2) is 0 Å². The molecule has 0 unspecified atom stereocenters. The Balaban J connectivity index is 1.84. The molecule has 3 rings (SSSR count). The van der Waals surface area contributed by atoms with Gasteiger partial charge in [0.1, 0.15) is 0 Å². The quantitative estimate of drug-likeness (QED) is 0.858. The summed E-state index contributed by atoms with van der Waals surface area (Å²) in [5.74, 6) is 0.196. The highest BCUT2D eigenvalue weighted by Gasteiger charge is 2.37. The normalized spacial score (nSPS) is 20.6. The van der Waals surface area contributed by atoms with Crippen molar-refractivity contribution in [3.05, 3.63) is 29.3 Å². The number of anilines is 1. The zero-order valence-electron chi connectivity index (χ0n) is 10.2. The molecule has 1 fully saturated rings. The number of hydrogen-bond acceptors (Lipinski definition) is 2. The molecule has 0 bridgehead atoms. The van der Waals surface area contributed by atoms with Crippen molar-refractivity contribution >= 4 is 11.6 Å². The molecule has 90 valence electrons. The number of benzene rings is 1. The lowest BCUT2D eigenvalue weighted by atomic mass is 9.98. The number of amides is 1. The Labute approximate surface area is 102 Å². The number of fused-ring (bicyclic) bond motifs is 1. The minimum atomic E-state index is 0.0945. The fourth-order valence-corrected chi connectivity index (χ4v) is 2.57. The van der Waals surface area contributed by atoms with E-state index in [0.717, 1.165) is 31.4 Å². The molecule has 3 nitrogen and oxygen atoms in total. The van der Waals surface area contributed by atoms with Gasteiger partial charge in [-0.25, -0.2) is 0 Å². The van der Waals surface area contributed by atoms with Gasteiger partial charge < -0.3 is 10.6 Å². The first-order valence-electron chi connectivity index (χ1n) is 6.25. The van der Waals surface area contributed by atoms with Crippen molar-refractivity contribution in [1.29, 1.82) is 0 Å². The van der Waals surface area contributed by atoms with E-state index >= 15 is 0 Å². The summed E-state index contributed by atoms with van der Waals surface area (Å²) in [6, 6.07) is 6.20. The predicted octanol–water partition coefficient (Wildman–Crippen LogP) is 1.63. The highest BCUT2D eigenvalue weighted by atomic mass is 16.2. The number of nitrogens with zero attached hydrogens (tertiary/aromatic N) is 1. The van der Waals surface area contributed by atoms with Crippen LogP contribution in [0.4, 0.5) is 5.69 Å². The number of carbonyl (C=O) groups excluding carboxylic acids is 1. The maximum absolute atomic E-state index is 11.7. The number of hydrogen-bond donors (Lipinski definition) is 1. The van der Waals surface area contributed by atoms with Gasteiger partial charge in [0.25, 0.3) is 0 Å². The van der Waals surface area contributed by atoms with Crippen molar-refractivity contribution < 1.29 is 4.79 Å². The van der Waals surface area contributed by atoms with E-state index in [4.69, 9.17) is 5.73 Å². The van der Waals surface area contributed by atoms with Crippen LogP contribution in [-0.2, 0) is 17.6 Å². The van der Waals surface area contributed by atoms with E-state index in [1.807, 2.05) is 19.2 Å². The summed E-state index contributed by atoms with van der Waals surface area (Å²) in [5, 5.41) is 0. The largest absolute Gasteiger partial charge is 0.325 e. The summed E-state index contributed by atoms with van der Waals surface area (Å²) in [6.07, 6.45) is 4.91. The van der Waals surface area contributed by atoms with E-state index in [2.05, 4.69) is 6.07 Å². The Kier molecular flexibility index (Phi) is 2.26. The summed E-state index contributed by atoms with van der Waals surface area (Å²) >= 11 is 0. The van der Waals surface area contributed by atoms with Crippen LogP contribution in [0.25, 0.3) is 0 Å². The summed E-state index contributed by atoms with van der Waals surface area (Å²) in [6.45, 7) is 0. The summed E-state index contributed by atoms with van der Waals surface area (Å²) in [5.41, 5.74) is 9.80. The molecule has 0 aromatic heterocycles. The van der Waals surface area contributed by atoms with Crippen LogP contribution >= 0.6 is 0 Å². The van der Waals surface area contributed by atoms with Crippen molar-refractivity contribution in [2.24, 2.45) is 5.73 Å². The van der Waals surface area contributed by atoms with E-state index in [-0.39, 0.29) is 11.4 Å². The SMILES string of the molecule is CN1C(=O)Cc2c(CCC3(N)CC3)cccc21. The first-order chi connectivity index (χ1) is 8.09. The molecule has 1 saturated carbocycles. The molecule has 17 heavy (non-hydrogen) atoms. The van der Waals surface area contributed by atoms with Gasteiger partial charge in [-0.3, -0.25) is 4.79 Å². The third kappa shape index (κ3) is 1.84. The lowest BCUT2D eigenvalue weighted by molar-refractivity contribution is -0.117. The lowest BCUT2D eigenvalue weighted by Crippen LogP contribution is -2.22. The second kappa shape index (κ2) is 3.57.